The van der Waals surface area contributed by atoms with Crippen LogP contribution >= 0.6 is 0 Å². The first-order chi connectivity index (χ1) is 10.2. The van der Waals surface area contributed by atoms with Crippen LogP contribution in [0.15, 0.2) is 42.0 Å². The van der Waals surface area contributed by atoms with Gasteiger partial charge in [0.05, 0.1) is 0 Å². The molecule has 0 unspecified atom stereocenters. The number of rotatable bonds is 2. The molecule has 1 aliphatic rings. The zero-order valence-electron chi connectivity index (χ0n) is 15.9. The Morgan fingerprint density at radius 3 is 2.16 bits per heavy atom. The fourth-order valence-corrected chi connectivity index (χ4v) is 8.27. The first kappa shape index (κ1) is 25.1. The average molecular weight is 472 g/mol. The van der Waals surface area contributed by atoms with Gasteiger partial charge in [-0.25, -0.2) is 0 Å². The van der Waals surface area contributed by atoms with Gasteiger partial charge >= 0.3 is 26.2 Å². The van der Waals surface area contributed by atoms with Crippen molar-refractivity contribution in [2.24, 2.45) is 0 Å². The maximum Gasteiger partial charge on any atom is 2.00 e. The smallest absolute Gasteiger partial charge is 1.00 e. The van der Waals surface area contributed by atoms with E-state index in [1.807, 2.05) is 0 Å². The van der Waals surface area contributed by atoms with Crippen molar-refractivity contribution in [3.8, 4) is 0 Å². The van der Waals surface area contributed by atoms with E-state index in [4.69, 9.17) is 0 Å². The summed E-state index contributed by atoms with van der Waals surface area (Å²) in [6.07, 6.45) is 1.11. The Kier molecular flexibility index (Phi) is 8.87. The molecule has 1 N–H and O–H groups in total. The Morgan fingerprint density at radius 2 is 1.56 bits per heavy atom. The van der Waals surface area contributed by atoms with E-state index in [-0.39, 0.29) is 56.6 Å². The Bertz CT molecular complexity index is 779. The van der Waals surface area contributed by atoms with Crippen molar-refractivity contribution in [1.82, 2.24) is 4.98 Å². The van der Waals surface area contributed by atoms with Crippen LogP contribution in [-0.4, -0.2) is 13.8 Å². The van der Waals surface area contributed by atoms with Crippen molar-refractivity contribution >= 4 is 24.2 Å². The molecule has 134 valence electrons. The van der Waals surface area contributed by atoms with Crippen molar-refractivity contribution in [1.29, 1.82) is 0 Å². The van der Waals surface area contributed by atoms with Crippen LogP contribution in [0.2, 0.25) is 13.1 Å². The fraction of sp³-hybridized carbons (Fsp3) is 0.400. The molecular weight excluding hydrogens is 444 g/mol. The summed E-state index contributed by atoms with van der Waals surface area (Å²) >= 11 is 0. The standard InChI is InChI=1S/C20H27NSi.2ClH.Zr/c1-14-13-16-12-11-15-9-7-8-10-17(15)18(16)19(14)22(5,6)21-20(2,3)4;;;/h7-12,21H,13H2,1-6H3;2*1H;/q;;;+2/p-2. The van der Waals surface area contributed by atoms with Crippen LogP contribution in [0.3, 0.4) is 0 Å². The van der Waals surface area contributed by atoms with Gasteiger partial charge in [-0.15, -0.1) is 0 Å². The molecule has 1 nitrogen and oxygen atoms in total. The minimum atomic E-state index is -1.71. The Morgan fingerprint density at radius 1 is 0.960 bits per heavy atom. The third-order valence-electron chi connectivity index (χ3n) is 4.46. The molecule has 0 amide bonds. The Labute approximate surface area is 185 Å². The van der Waals surface area contributed by atoms with Crippen LogP contribution in [0.25, 0.3) is 16.0 Å². The van der Waals surface area contributed by atoms with Gasteiger partial charge in [0.2, 0.25) is 0 Å². The van der Waals surface area contributed by atoms with E-state index in [9.17, 15) is 0 Å². The van der Waals surface area contributed by atoms with Crippen LogP contribution in [0.4, 0.5) is 0 Å². The van der Waals surface area contributed by atoms with Gasteiger partial charge in [-0.2, -0.15) is 0 Å². The molecule has 2 aromatic rings. The quantitative estimate of drug-likeness (QED) is 0.572. The number of halogens is 2. The summed E-state index contributed by atoms with van der Waals surface area (Å²) in [7, 11) is -1.71. The maximum absolute atomic E-state index is 3.95. The third kappa shape index (κ3) is 5.08. The van der Waals surface area contributed by atoms with Gasteiger partial charge in [0, 0.05) is 5.54 Å². The van der Waals surface area contributed by atoms with Gasteiger partial charge < -0.3 is 29.8 Å². The minimum absolute atomic E-state index is 0. The fourth-order valence-electron chi connectivity index (χ4n) is 4.19. The van der Waals surface area contributed by atoms with Crippen LogP contribution in [0.1, 0.15) is 38.8 Å². The van der Waals surface area contributed by atoms with Gasteiger partial charge in [-0.05, 0) is 61.2 Å². The monoisotopic (exact) mass is 469 g/mol. The predicted octanol–water partition coefficient (Wildman–Crippen LogP) is -0.693. The number of hydrogen-bond donors (Lipinski definition) is 1. The van der Waals surface area contributed by atoms with Gasteiger partial charge in [-0.3, -0.25) is 0 Å². The molecule has 0 fully saturated rings. The number of fused-ring (bicyclic) bond motifs is 3. The second-order valence-corrected chi connectivity index (χ2v) is 12.2. The molecule has 5 heteroatoms. The van der Waals surface area contributed by atoms with E-state index in [1.165, 1.54) is 21.9 Å². The molecule has 0 aromatic heterocycles. The van der Waals surface area contributed by atoms with Crippen molar-refractivity contribution in [2.45, 2.75) is 52.7 Å². The zero-order valence-corrected chi connectivity index (χ0v) is 20.9. The number of allylic oxidation sites excluding steroid dienone is 1. The SMILES string of the molecule is CC1=C([Si](C)(C)NC(C)(C)C)c2c(ccc3ccccc23)C1.[Cl-].[Cl-].[Zr+2]. The van der Waals surface area contributed by atoms with Gasteiger partial charge in [0.25, 0.3) is 0 Å². The second kappa shape index (κ2) is 8.85. The molecule has 0 saturated carbocycles. The molecular formula is C20H27Cl2NSiZr. The van der Waals surface area contributed by atoms with Crippen molar-refractivity contribution < 1.29 is 51.0 Å². The van der Waals surface area contributed by atoms with Crippen LogP contribution in [-0.2, 0) is 32.6 Å². The summed E-state index contributed by atoms with van der Waals surface area (Å²) in [5.41, 5.74) is 4.72. The summed E-state index contributed by atoms with van der Waals surface area (Å²) in [5.74, 6) is 0. The van der Waals surface area contributed by atoms with Gasteiger partial charge in [0.15, 0.2) is 8.24 Å². The topological polar surface area (TPSA) is 12.0 Å². The van der Waals surface area contributed by atoms with Gasteiger partial charge in [-0.1, -0.05) is 55.1 Å². The minimum Gasteiger partial charge on any atom is -1.00 e. The van der Waals surface area contributed by atoms with Crippen molar-refractivity contribution in [3.05, 3.63) is 53.1 Å². The zero-order chi connectivity index (χ0) is 16.1. The molecule has 3 rings (SSSR count). The summed E-state index contributed by atoms with van der Waals surface area (Å²) in [4.78, 5) is 3.95. The van der Waals surface area contributed by atoms with Crippen LogP contribution in [0.5, 0.6) is 0 Å². The summed E-state index contributed by atoms with van der Waals surface area (Å²) in [6, 6.07) is 13.4. The van der Waals surface area contributed by atoms with E-state index < -0.39 is 8.24 Å². The third-order valence-corrected chi connectivity index (χ3v) is 7.76. The molecule has 0 radical (unpaired) electrons. The molecule has 2 aromatic carbocycles. The molecule has 0 heterocycles. The van der Waals surface area contributed by atoms with Gasteiger partial charge in [0.1, 0.15) is 0 Å². The molecule has 1 aliphatic carbocycles. The summed E-state index contributed by atoms with van der Waals surface area (Å²) < 4.78 is 0. The first-order valence-corrected chi connectivity index (χ1v) is 11.2. The average Bonchev–Trinajstić information content (AvgIpc) is 2.73. The molecule has 0 saturated heterocycles. The van der Waals surface area contributed by atoms with E-state index >= 15 is 0 Å². The van der Waals surface area contributed by atoms with E-state index in [0.717, 1.165) is 6.42 Å². The molecule has 0 atom stereocenters. The number of hydrogen-bond acceptors (Lipinski definition) is 1. The Balaban J connectivity index is 0.00000192. The van der Waals surface area contributed by atoms with Crippen LogP contribution < -0.4 is 29.8 Å². The Hall–Kier alpha value is 0.0800. The van der Waals surface area contributed by atoms with Crippen LogP contribution in [0, 0.1) is 0 Å². The molecule has 25 heavy (non-hydrogen) atoms. The summed E-state index contributed by atoms with van der Waals surface area (Å²) in [6.45, 7) is 14.1. The maximum atomic E-state index is 3.95. The molecule has 0 bridgehead atoms. The largest absolute Gasteiger partial charge is 2.00 e. The van der Waals surface area contributed by atoms with Crippen molar-refractivity contribution in [3.63, 3.8) is 0 Å². The van der Waals surface area contributed by atoms with E-state index in [1.54, 1.807) is 10.8 Å². The second-order valence-electron chi connectivity index (χ2n) is 8.15. The normalized spacial score (nSPS) is 13.7. The molecule has 0 spiro atoms. The number of benzene rings is 2. The predicted molar refractivity (Wildman–Crippen MR) is 101 cm³/mol. The molecule has 0 aliphatic heterocycles. The van der Waals surface area contributed by atoms with Crippen molar-refractivity contribution in [2.75, 3.05) is 0 Å². The van der Waals surface area contributed by atoms with E-state index in [0.29, 0.717) is 0 Å². The first-order valence-electron chi connectivity index (χ1n) is 8.20. The summed E-state index contributed by atoms with van der Waals surface area (Å²) in [5, 5.41) is 4.39. The van der Waals surface area contributed by atoms with E-state index in [2.05, 4.69) is 82.2 Å². The number of nitrogens with one attached hydrogen (secondary N) is 1.